The maximum atomic E-state index is 10.8. The van der Waals surface area contributed by atoms with Gasteiger partial charge in [-0.15, -0.1) is 0 Å². The second-order valence-corrected chi connectivity index (χ2v) is 5.78. The van der Waals surface area contributed by atoms with Gasteiger partial charge in [0.1, 0.15) is 9.84 Å². The summed E-state index contributed by atoms with van der Waals surface area (Å²) in [6.07, 6.45) is -0.297. The van der Waals surface area contributed by atoms with Gasteiger partial charge < -0.3 is 10.2 Å². The number of sulfone groups is 1. The van der Waals surface area contributed by atoms with Gasteiger partial charge in [0.25, 0.3) is 0 Å². The average molecular weight is 209 g/mol. The molecule has 1 aliphatic rings. The highest BCUT2D eigenvalue weighted by atomic mass is 32.2. The molecular weight excluding hydrogens is 194 g/mol. The normalized spacial score (nSPS) is 31.0. The average Bonchev–Trinajstić information content (AvgIpc) is 2.27. The van der Waals surface area contributed by atoms with E-state index in [0.29, 0.717) is 19.6 Å². The minimum atomic E-state index is -2.95. The van der Waals surface area contributed by atoms with Gasteiger partial charge in [-0.1, -0.05) is 0 Å². The molecule has 1 aliphatic heterocycles. The van der Waals surface area contributed by atoms with Gasteiger partial charge in [-0.2, -0.15) is 0 Å². The van der Waals surface area contributed by atoms with Gasteiger partial charge in [0.05, 0.1) is 18.0 Å². The maximum Gasteiger partial charge on any atom is 0.148 e. The lowest BCUT2D eigenvalue weighted by Gasteiger charge is -2.12. The minimum Gasteiger partial charge on any atom is -0.389 e. The van der Waals surface area contributed by atoms with Crippen molar-refractivity contribution in [2.45, 2.75) is 12.2 Å². The Balaban J connectivity index is 2.33. The molecule has 0 unspecified atom stereocenters. The van der Waals surface area contributed by atoms with E-state index < -0.39 is 22.0 Å². The van der Waals surface area contributed by atoms with E-state index in [1.807, 2.05) is 0 Å². The molecule has 1 saturated heterocycles. The molecule has 0 aromatic rings. The number of β-amino-alcohol motifs (C(OH)–C–C–N with tert-alkyl or cyclic N) is 2. The molecule has 1 heterocycles. The molecular formula is C7H15NO4S. The van der Waals surface area contributed by atoms with Crippen molar-refractivity contribution in [2.24, 2.45) is 0 Å². The largest absolute Gasteiger partial charge is 0.389 e. The van der Waals surface area contributed by atoms with Gasteiger partial charge in [-0.25, -0.2) is 8.42 Å². The topological polar surface area (TPSA) is 77.8 Å². The fraction of sp³-hybridized carbons (Fsp3) is 1.00. The predicted octanol–water partition coefficient (Wildman–Crippen LogP) is -1.93. The SMILES string of the molecule is CS(=O)(=O)CCN1C[C@@H](O)[C@@H](O)C1. The third kappa shape index (κ3) is 3.60. The fourth-order valence-corrected chi connectivity index (χ4v) is 1.91. The van der Waals surface area contributed by atoms with E-state index in [1.165, 1.54) is 6.26 Å². The molecule has 0 aliphatic carbocycles. The van der Waals surface area contributed by atoms with Crippen LogP contribution in [0.5, 0.6) is 0 Å². The first-order chi connectivity index (χ1) is 5.88. The van der Waals surface area contributed by atoms with Crippen molar-refractivity contribution in [1.82, 2.24) is 4.90 Å². The molecule has 0 amide bonds. The number of likely N-dealkylation sites (tertiary alicyclic amines) is 1. The molecule has 1 rings (SSSR count). The third-order valence-electron chi connectivity index (χ3n) is 2.11. The van der Waals surface area contributed by atoms with Crippen molar-refractivity contribution in [3.05, 3.63) is 0 Å². The van der Waals surface area contributed by atoms with E-state index in [4.69, 9.17) is 10.2 Å². The Hall–Kier alpha value is -0.170. The summed E-state index contributed by atoms with van der Waals surface area (Å²) in [6.45, 7) is 1.10. The molecule has 0 saturated carbocycles. The van der Waals surface area contributed by atoms with Crippen LogP contribution in [0.2, 0.25) is 0 Å². The monoisotopic (exact) mass is 209 g/mol. The van der Waals surface area contributed by atoms with E-state index in [0.717, 1.165) is 0 Å². The summed E-state index contributed by atoms with van der Waals surface area (Å²) in [5, 5.41) is 18.3. The van der Waals surface area contributed by atoms with E-state index in [9.17, 15) is 8.42 Å². The van der Waals surface area contributed by atoms with Crippen molar-refractivity contribution in [2.75, 3.05) is 31.6 Å². The van der Waals surface area contributed by atoms with Crippen LogP contribution in [0.4, 0.5) is 0 Å². The Morgan fingerprint density at radius 3 is 2.15 bits per heavy atom. The summed E-state index contributed by atoms with van der Waals surface area (Å²) < 4.78 is 21.6. The van der Waals surface area contributed by atoms with Crippen LogP contribution < -0.4 is 0 Å². The molecule has 13 heavy (non-hydrogen) atoms. The quantitative estimate of drug-likeness (QED) is 0.566. The highest BCUT2D eigenvalue weighted by molar-refractivity contribution is 7.90. The summed E-state index contributed by atoms with van der Waals surface area (Å²) in [5.41, 5.74) is 0. The Kier molecular flexibility index (Phi) is 3.28. The van der Waals surface area contributed by atoms with Crippen molar-refractivity contribution in [3.63, 3.8) is 0 Å². The van der Waals surface area contributed by atoms with Crippen LogP contribution >= 0.6 is 0 Å². The molecule has 0 radical (unpaired) electrons. The van der Waals surface area contributed by atoms with Crippen LogP contribution in [-0.2, 0) is 9.84 Å². The molecule has 5 nitrogen and oxygen atoms in total. The van der Waals surface area contributed by atoms with Gasteiger partial charge in [0.2, 0.25) is 0 Å². The lowest BCUT2D eigenvalue weighted by molar-refractivity contribution is 0.0572. The Morgan fingerprint density at radius 2 is 1.77 bits per heavy atom. The first-order valence-electron chi connectivity index (χ1n) is 4.15. The van der Waals surface area contributed by atoms with Crippen molar-refractivity contribution >= 4 is 9.84 Å². The third-order valence-corrected chi connectivity index (χ3v) is 3.04. The Morgan fingerprint density at radius 1 is 1.31 bits per heavy atom. The summed E-state index contributed by atoms with van der Waals surface area (Å²) >= 11 is 0. The molecule has 0 spiro atoms. The Bertz CT molecular complexity index is 254. The van der Waals surface area contributed by atoms with Crippen LogP contribution in [0.1, 0.15) is 0 Å². The molecule has 0 aromatic carbocycles. The number of hydrogen-bond donors (Lipinski definition) is 2. The van der Waals surface area contributed by atoms with Crippen LogP contribution in [0.25, 0.3) is 0 Å². The molecule has 0 bridgehead atoms. The van der Waals surface area contributed by atoms with Gasteiger partial charge in [0.15, 0.2) is 0 Å². The van der Waals surface area contributed by atoms with Gasteiger partial charge in [-0.3, -0.25) is 4.90 Å². The lowest BCUT2D eigenvalue weighted by atomic mass is 10.3. The standard InChI is InChI=1S/C7H15NO4S/c1-13(11,12)3-2-8-4-6(9)7(10)5-8/h6-7,9-10H,2-5H2,1H3/t6-,7+. The zero-order valence-corrected chi connectivity index (χ0v) is 8.37. The number of rotatable bonds is 3. The predicted molar refractivity (Wildman–Crippen MR) is 48.2 cm³/mol. The van der Waals surface area contributed by atoms with Gasteiger partial charge in [0, 0.05) is 25.9 Å². The minimum absolute atomic E-state index is 0.0758. The molecule has 1 fully saturated rings. The summed E-state index contributed by atoms with van der Waals surface area (Å²) in [5.74, 6) is 0.0758. The number of aliphatic hydroxyl groups excluding tert-OH is 2. The van der Waals surface area contributed by atoms with Crippen LogP contribution in [0.3, 0.4) is 0 Å². The number of hydrogen-bond acceptors (Lipinski definition) is 5. The highest BCUT2D eigenvalue weighted by Gasteiger charge is 2.29. The fourth-order valence-electron chi connectivity index (χ4n) is 1.32. The highest BCUT2D eigenvalue weighted by Crippen LogP contribution is 2.09. The van der Waals surface area contributed by atoms with Gasteiger partial charge in [-0.05, 0) is 0 Å². The Labute approximate surface area is 77.9 Å². The van der Waals surface area contributed by atoms with Crippen molar-refractivity contribution < 1.29 is 18.6 Å². The van der Waals surface area contributed by atoms with E-state index >= 15 is 0 Å². The molecule has 0 aromatic heterocycles. The summed E-state index contributed by atoms with van der Waals surface area (Å²) in [6, 6.07) is 0. The summed E-state index contributed by atoms with van der Waals surface area (Å²) in [7, 11) is -2.95. The van der Waals surface area contributed by atoms with Crippen LogP contribution in [0.15, 0.2) is 0 Å². The lowest BCUT2D eigenvalue weighted by Crippen LogP contribution is -2.28. The number of aliphatic hydroxyl groups is 2. The van der Waals surface area contributed by atoms with Crippen LogP contribution in [0, 0.1) is 0 Å². The zero-order valence-electron chi connectivity index (χ0n) is 7.55. The van der Waals surface area contributed by atoms with E-state index in [2.05, 4.69) is 0 Å². The molecule has 2 atom stereocenters. The number of nitrogens with zero attached hydrogens (tertiary/aromatic N) is 1. The van der Waals surface area contributed by atoms with Crippen LogP contribution in [-0.4, -0.2) is 67.4 Å². The first-order valence-corrected chi connectivity index (χ1v) is 6.21. The van der Waals surface area contributed by atoms with E-state index in [-0.39, 0.29) is 5.75 Å². The van der Waals surface area contributed by atoms with Crippen molar-refractivity contribution in [3.8, 4) is 0 Å². The van der Waals surface area contributed by atoms with E-state index in [1.54, 1.807) is 4.90 Å². The maximum absolute atomic E-state index is 10.8. The smallest absolute Gasteiger partial charge is 0.148 e. The second kappa shape index (κ2) is 3.91. The second-order valence-electron chi connectivity index (χ2n) is 3.52. The molecule has 6 heteroatoms. The first kappa shape index (κ1) is 10.9. The van der Waals surface area contributed by atoms with Gasteiger partial charge >= 0.3 is 0 Å². The molecule has 2 N–H and O–H groups in total. The molecule has 78 valence electrons. The van der Waals surface area contributed by atoms with Crippen molar-refractivity contribution in [1.29, 1.82) is 0 Å². The summed E-state index contributed by atoms with van der Waals surface area (Å²) in [4.78, 5) is 1.75. The zero-order chi connectivity index (χ0) is 10.1.